The average Bonchev–Trinajstić information content (AvgIpc) is 2.78. The summed E-state index contributed by atoms with van der Waals surface area (Å²) in [6.45, 7) is 0.872. The van der Waals surface area contributed by atoms with Gasteiger partial charge in [0.05, 0.1) is 18.8 Å². The van der Waals surface area contributed by atoms with Crippen LogP contribution in [0.5, 0.6) is 11.5 Å². The Morgan fingerprint density at radius 3 is 2.65 bits per heavy atom. The van der Waals surface area contributed by atoms with Crippen molar-refractivity contribution in [3.05, 3.63) is 23.8 Å². The predicted molar refractivity (Wildman–Crippen MR) is 76.9 cm³/mol. The maximum atomic E-state index is 6.22. The molecule has 0 bridgehead atoms. The SMILES string of the molecule is NC(COC1CCCCCC1)c1ccc2c(c1)OCO2. The average molecular weight is 277 g/mol. The van der Waals surface area contributed by atoms with Gasteiger partial charge < -0.3 is 19.9 Å². The third kappa shape index (κ3) is 3.25. The molecule has 2 N–H and O–H groups in total. The van der Waals surface area contributed by atoms with Gasteiger partial charge in [0.1, 0.15) is 0 Å². The molecule has 4 nitrogen and oxygen atoms in total. The first-order valence-electron chi connectivity index (χ1n) is 7.59. The Bertz CT molecular complexity index is 441. The van der Waals surface area contributed by atoms with Gasteiger partial charge in [0.15, 0.2) is 11.5 Å². The van der Waals surface area contributed by atoms with E-state index in [4.69, 9.17) is 19.9 Å². The smallest absolute Gasteiger partial charge is 0.231 e. The van der Waals surface area contributed by atoms with E-state index in [-0.39, 0.29) is 6.04 Å². The molecule has 1 atom stereocenters. The Morgan fingerprint density at radius 2 is 1.85 bits per heavy atom. The van der Waals surface area contributed by atoms with Crippen LogP contribution in [-0.2, 0) is 4.74 Å². The van der Waals surface area contributed by atoms with E-state index in [9.17, 15) is 0 Å². The molecule has 110 valence electrons. The first-order chi connectivity index (χ1) is 9.83. The lowest BCUT2D eigenvalue weighted by atomic mass is 10.1. The van der Waals surface area contributed by atoms with Gasteiger partial charge in [0, 0.05) is 0 Å². The summed E-state index contributed by atoms with van der Waals surface area (Å²) < 4.78 is 16.7. The molecule has 3 rings (SSSR count). The van der Waals surface area contributed by atoms with Gasteiger partial charge in [-0.2, -0.15) is 0 Å². The number of fused-ring (bicyclic) bond motifs is 1. The van der Waals surface area contributed by atoms with Crippen molar-refractivity contribution in [1.29, 1.82) is 0 Å². The van der Waals surface area contributed by atoms with Crippen LogP contribution in [0.4, 0.5) is 0 Å². The Hall–Kier alpha value is -1.26. The quantitative estimate of drug-likeness (QED) is 0.859. The second kappa shape index (κ2) is 6.46. The second-order valence-corrected chi connectivity index (χ2v) is 5.67. The van der Waals surface area contributed by atoms with Crippen molar-refractivity contribution in [1.82, 2.24) is 0 Å². The van der Waals surface area contributed by atoms with Crippen molar-refractivity contribution < 1.29 is 14.2 Å². The van der Waals surface area contributed by atoms with E-state index in [0.29, 0.717) is 19.5 Å². The monoisotopic (exact) mass is 277 g/mol. The summed E-state index contributed by atoms with van der Waals surface area (Å²) in [5, 5.41) is 0. The van der Waals surface area contributed by atoms with Crippen LogP contribution in [-0.4, -0.2) is 19.5 Å². The molecule has 0 spiro atoms. The highest BCUT2D eigenvalue weighted by Gasteiger charge is 2.18. The molecule has 1 aromatic rings. The topological polar surface area (TPSA) is 53.7 Å². The van der Waals surface area contributed by atoms with Crippen LogP contribution in [0.2, 0.25) is 0 Å². The summed E-state index contributed by atoms with van der Waals surface area (Å²) in [4.78, 5) is 0. The maximum Gasteiger partial charge on any atom is 0.231 e. The minimum atomic E-state index is -0.104. The van der Waals surface area contributed by atoms with Gasteiger partial charge in [-0.05, 0) is 30.5 Å². The Kier molecular flexibility index (Phi) is 4.43. The van der Waals surface area contributed by atoms with Crippen LogP contribution in [0, 0.1) is 0 Å². The number of nitrogens with two attached hydrogens (primary N) is 1. The highest BCUT2D eigenvalue weighted by Crippen LogP contribution is 2.34. The molecule has 20 heavy (non-hydrogen) atoms. The molecule has 1 aliphatic heterocycles. The molecule has 1 saturated carbocycles. The van der Waals surface area contributed by atoms with Gasteiger partial charge in [-0.25, -0.2) is 0 Å². The third-order valence-electron chi connectivity index (χ3n) is 4.14. The third-order valence-corrected chi connectivity index (χ3v) is 4.14. The van der Waals surface area contributed by atoms with E-state index in [1.165, 1.54) is 38.5 Å². The van der Waals surface area contributed by atoms with Gasteiger partial charge in [0.25, 0.3) is 0 Å². The van der Waals surface area contributed by atoms with E-state index < -0.39 is 0 Å². The summed E-state index contributed by atoms with van der Waals surface area (Å²) in [5.74, 6) is 1.58. The molecule has 1 aromatic carbocycles. The Morgan fingerprint density at radius 1 is 1.10 bits per heavy atom. The first kappa shape index (κ1) is 13.7. The fraction of sp³-hybridized carbons (Fsp3) is 0.625. The van der Waals surface area contributed by atoms with Gasteiger partial charge in [0.2, 0.25) is 6.79 Å². The lowest BCUT2D eigenvalue weighted by molar-refractivity contribution is 0.0345. The van der Waals surface area contributed by atoms with Crippen LogP contribution in [0.3, 0.4) is 0 Å². The number of hydrogen-bond acceptors (Lipinski definition) is 4. The zero-order valence-corrected chi connectivity index (χ0v) is 11.8. The molecule has 1 fully saturated rings. The molecule has 1 aliphatic carbocycles. The summed E-state index contributed by atoms with van der Waals surface area (Å²) in [6, 6.07) is 5.77. The maximum absolute atomic E-state index is 6.22. The van der Waals surface area contributed by atoms with Gasteiger partial charge in [-0.3, -0.25) is 0 Å². The minimum absolute atomic E-state index is 0.104. The fourth-order valence-electron chi connectivity index (χ4n) is 2.89. The summed E-state index contributed by atoms with van der Waals surface area (Å²) in [6.07, 6.45) is 7.98. The lowest BCUT2D eigenvalue weighted by Crippen LogP contribution is -2.22. The molecular formula is C16H23NO3. The Balaban J connectivity index is 1.54. The van der Waals surface area contributed by atoms with E-state index in [1.54, 1.807) is 0 Å². The van der Waals surface area contributed by atoms with Crippen LogP contribution >= 0.6 is 0 Å². The minimum Gasteiger partial charge on any atom is -0.454 e. The van der Waals surface area contributed by atoms with Crippen LogP contribution in [0.15, 0.2) is 18.2 Å². The molecule has 1 unspecified atom stereocenters. The number of benzene rings is 1. The molecule has 4 heteroatoms. The number of ether oxygens (including phenoxy) is 3. The van der Waals surface area contributed by atoms with Crippen molar-refractivity contribution in [2.45, 2.75) is 50.7 Å². The van der Waals surface area contributed by atoms with Crippen molar-refractivity contribution >= 4 is 0 Å². The lowest BCUT2D eigenvalue weighted by Gasteiger charge is -2.19. The number of rotatable bonds is 4. The highest BCUT2D eigenvalue weighted by molar-refractivity contribution is 5.45. The highest BCUT2D eigenvalue weighted by atomic mass is 16.7. The standard InChI is InChI=1S/C16H23NO3/c17-14(10-18-13-5-3-1-2-4-6-13)12-7-8-15-16(9-12)20-11-19-15/h7-9,13-14H,1-6,10-11,17H2. The zero-order valence-electron chi connectivity index (χ0n) is 11.8. The number of hydrogen-bond donors (Lipinski definition) is 1. The molecule has 0 saturated heterocycles. The van der Waals surface area contributed by atoms with E-state index in [1.807, 2.05) is 18.2 Å². The van der Waals surface area contributed by atoms with Crippen molar-refractivity contribution in [2.75, 3.05) is 13.4 Å². The van der Waals surface area contributed by atoms with Crippen molar-refractivity contribution in [3.63, 3.8) is 0 Å². The van der Waals surface area contributed by atoms with E-state index in [2.05, 4.69) is 0 Å². The Labute approximate surface area is 120 Å². The predicted octanol–water partition coefficient (Wildman–Crippen LogP) is 3.15. The van der Waals surface area contributed by atoms with Crippen molar-refractivity contribution in [3.8, 4) is 11.5 Å². The van der Waals surface area contributed by atoms with Crippen molar-refractivity contribution in [2.24, 2.45) is 5.73 Å². The molecule has 2 aliphatic rings. The summed E-state index contributed by atoms with van der Waals surface area (Å²) >= 11 is 0. The largest absolute Gasteiger partial charge is 0.454 e. The van der Waals surface area contributed by atoms with Crippen LogP contribution in [0.25, 0.3) is 0 Å². The van der Waals surface area contributed by atoms with Crippen LogP contribution < -0.4 is 15.2 Å². The molecular weight excluding hydrogens is 254 g/mol. The van der Waals surface area contributed by atoms with Gasteiger partial charge in [-0.1, -0.05) is 31.7 Å². The zero-order chi connectivity index (χ0) is 13.8. The van der Waals surface area contributed by atoms with Crippen LogP contribution in [0.1, 0.15) is 50.1 Å². The molecule has 1 heterocycles. The fourth-order valence-corrected chi connectivity index (χ4v) is 2.89. The van der Waals surface area contributed by atoms with Gasteiger partial charge >= 0.3 is 0 Å². The summed E-state index contributed by atoms with van der Waals surface area (Å²) in [7, 11) is 0. The summed E-state index contributed by atoms with van der Waals surface area (Å²) in [5.41, 5.74) is 7.27. The first-order valence-corrected chi connectivity index (χ1v) is 7.59. The van der Waals surface area contributed by atoms with E-state index in [0.717, 1.165) is 17.1 Å². The molecule has 0 amide bonds. The second-order valence-electron chi connectivity index (χ2n) is 5.67. The van der Waals surface area contributed by atoms with E-state index >= 15 is 0 Å². The van der Waals surface area contributed by atoms with Gasteiger partial charge in [-0.15, -0.1) is 0 Å². The molecule has 0 radical (unpaired) electrons. The molecule has 0 aromatic heterocycles. The normalized spacial score (nSPS) is 20.6.